The first kappa shape index (κ1) is 20.7. The molecule has 0 spiro atoms. The SMILES string of the molecule is COC(=O)C(C)Sc1nc(Nc2ccc(C3CC3)c3ccccc23)c2ccc(F)cc2n1. The molecule has 5 nitrogen and oxygen atoms in total. The van der Waals surface area contributed by atoms with Crippen LogP contribution >= 0.6 is 11.8 Å². The van der Waals surface area contributed by atoms with Gasteiger partial charge in [-0.15, -0.1) is 0 Å². The van der Waals surface area contributed by atoms with Gasteiger partial charge in [0.15, 0.2) is 5.16 Å². The number of fused-ring (bicyclic) bond motifs is 2. The summed E-state index contributed by atoms with van der Waals surface area (Å²) in [5.41, 5.74) is 2.77. The minimum absolute atomic E-state index is 0.367. The predicted octanol–water partition coefficient (Wildman–Crippen LogP) is 6.20. The second kappa shape index (κ2) is 8.39. The Labute approximate surface area is 189 Å². The minimum Gasteiger partial charge on any atom is -0.468 e. The van der Waals surface area contributed by atoms with Gasteiger partial charge in [-0.25, -0.2) is 14.4 Å². The number of carbonyl (C=O) groups excluding carboxylic acids is 1. The van der Waals surface area contributed by atoms with Gasteiger partial charge in [0.1, 0.15) is 16.9 Å². The van der Waals surface area contributed by atoms with Gasteiger partial charge in [0.25, 0.3) is 0 Å². The summed E-state index contributed by atoms with van der Waals surface area (Å²) in [5, 5.41) is 6.39. The number of hydrogen-bond acceptors (Lipinski definition) is 6. The van der Waals surface area contributed by atoms with Gasteiger partial charge in [-0.1, -0.05) is 42.1 Å². The minimum atomic E-state index is -0.488. The van der Waals surface area contributed by atoms with Gasteiger partial charge in [-0.05, 0) is 54.8 Å². The fourth-order valence-electron chi connectivity index (χ4n) is 3.91. The normalized spacial score (nSPS) is 14.5. The van der Waals surface area contributed by atoms with Crippen LogP contribution in [-0.4, -0.2) is 28.3 Å². The summed E-state index contributed by atoms with van der Waals surface area (Å²) in [6.45, 7) is 1.73. The maximum atomic E-state index is 13.9. The first-order valence-electron chi connectivity index (χ1n) is 10.5. The van der Waals surface area contributed by atoms with Crippen LogP contribution in [0.15, 0.2) is 59.8 Å². The van der Waals surface area contributed by atoms with Crippen LogP contribution in [0.1, 0.15) is 31.2 Å². The lowest BCUT2D eigenvalue weighted by Crippen LogP contribution is -2.15. The number of hydrogen-bond donors (Lipinski definition) is 1. The van der Waals surface area contributed by atoms with E-state index in [1.807, 2.05) is 6.07 Å². The van der Waals surface area contributed by atoms with Gasteiger partial charge < -0.3 is 10.1 Å². The monoisotopic (exact) mass is 447 g/mol. The zero-order valence-corrected chi connectivity index (χ0v) is 18.6. The van der Waals surface area contributed by atoms with E-state index in [9.17, 15) is 9.18 Å². The lowest BCUT2D eigenvalue weighted by atomic mass is 9.99. The fourth-order valence-corrected chi connectivity index (χ4v) is 4.71. The molecule has 0 saturated heterocycles. The summed E-state index contributed by atoms with van der Waals surface area (Å²) >= 11 is 1.18. The van der Waals surface area contributed by atoms with E-state index in [0.717, 1.165) is 11.1 Å². The zero-order valence-electron chi connectivity index (χ0n) is 17.8. The van der Waals surface area contributed by atoms with Gasteiger partial charge in [0.2, 0.25) is 0 Å². The third-order valence-corrected chi connectivity index (χ3v) is 6.62. The van der Waals surface area contributed by atoms with E-state index >= 15 is 0 Å². The number of carbonyl (C=O) groups is 1. The van der Waals surface area contributed by atoms with Gasteiger partial charge in [0.05, 0.1) is 12.6 Å². The van der Waals surface area contributed by atoms with Crippen molar-refractivity contribution in [3.63, 3.8) is 0 Å². The number of benzene rings is 3. The summed E-state index contributed by atoms with van der Waals surface area (Å²) < 4.78 is 18.8. The van der Waals surface area contributed by atoms with Crippen molar-refractivity contribution in [1.82, 2.24) is 9.97 Å². The van der Waals surface area contributed by atoms with Crippen molar-refractivity contribution in [2.45, 2.75) is 36.1 Å². The average Bonchev–Trinajstić information content (AvgIpc) is 3.63. The van der Waals surface area contributed by atoms with Crippen LogP contribution in [0.4, 0.5) is 15.9 Å². The van der Waals surface area contributed by atoms with Crippen molar-refractivity contribution in [1.29, 1.82) is 0 Å². The van der Waals surface area contributed by atoms with E-state index in [4.69, 9.17) is 4.74 Å². The molecule has 7 heteroatoms. The molecule has 1 atom stereocenters. The molecule has 1 aliphatic carbocycles. The molecule has 1 saturated carbocycles. The Morgan fingerprint density at radius 1 is 1.09 bits per heavy atom. The van der Waals surface area contributed by atoms with Crippen LogP contribution in [-0.2, 0) is 9.53 Å². The fraction of sp³-hybridized carbons (Fsp3) is 0.240. The molecule has 0 amide bonds. The topological polar surface area (TPSA) is 64.1 Å². The Morgan fingerprint density at radius 3 is 2.62 bits per heavy atom. The number of thioether (sulfide) groups is 1. The van der Waals surface area contributed by atoms with Crippen LogP contribution < -0.4 is 5.32 Å². The molecule has 162 valence electrons. The summed E-state index contributed by atoms with van der Waals surface area (Å²) in [4.78, 5) is 21.0. The highest BCUT2D eigenvalue weighted by Gasteiger charge is 2.26. The Bertz CT molecular complexity index is 1340. The number of esters is 1. The number of aromatic nitrogens is 2. The first-order valence-corrected chi connectivity index (χ1v) is 11.4. The maximum absolute atomic E-state index is 13.9. The highest BCUT2D eigenvalue weighted by Crippen LogP contribution is 2.44. The molecule has 4 aromatic rings. The number of methoxy groups -OCH3 is 1. The van der Waals surface area contributed by atoms with Gasteiger partial charge in [-0.2, -0.15) is 0 Å². The number of nitrogens with zero attached hydrogens (tertiary/aromatic N) is 2. The number of nitrogens with one attached hydrogen (secondary N) is 1. The molecule has 1 N–H and O–H groups in total. The van der Waals surface area contributed by atoms with E-state index in [1.165, 1.54) is 54.8 Å². The lowest BCUT2D eigenvalue weighted by molar-refractivity contribution is -0.139. The van der Waals surface area contributed by atoms with Crippen molar-refractivity contribution in [2.75, 3.05) is 12.4 Å². The number of ether oxygens (including phenoxy) is 1. The van der Waals surface area contributed by atoms with Crippen LogP contribution in [0.3, 0.4) is 0 Å². The van der Waals surface area contributed by atoms with Crippen LogP contribution in [0.25, 0.3) is 21.7 Å². The van der Waals surface area contributed by atoms with Crippen molar-refractivity contribution in [3.05, 3.63) is 66.0 Å². The highest BCUT2D eigenvalue weighted by atomic mass is 32.2. The van der Waals surface area contributed by atoms with Gasteiger partial charge >= 0.3 is 5.97 Å². The second-order valence-electron chi connectivity index (χ2n) is 7.95. The average molecular weight is 448 g/mol. The molecular weight excluding hydrogens is 425 g/mol. The molecule has 1 unspecified atom stereocenters. The number of halogens is 1. The van der Waals surface area contributed by atoms with Gasteiger partial charge in [-0.3, -0.25) is 4.79 Å². The van der Waals surface area contributed by atoms with Crippen molar-refractivity contribution >= 4 is 50.9 Å². The molecule has 0 bridgehead atoms. The van der Waals surface area contributed by atoms with E-state index in [1.54, 1.807) is 13.0 Å². The molecule has 3 aromatic carbocycles. The highest BCUT2D eigenvalue weighted by molar-refractivity contribution is 8.00. The molecule has 1 fully saturated rings. The van der Waals surface area contributed by atoms with Crippen molar-refractivity contribution < 1.29 is 13.9 Å². The van der Waals surface area contributed by atoms with E-state index in [-0.39, 0.29) is 11.8 Å². The van der Waals surface area contributed by atoms with Crippen molar-refractivity contribution in [3.8, 4) is 0 Å². The maximum Gasteiger partial charge on any atom is 0.318 e. The summed E-state index contributed by atoms with van der Waals surface area (Å²) in [7, 11) is 1.35. The van der Waals surface area contributed by atoms with Crippen molar-refractivity contribution in [2.24, 2.45) is 0 Å². The largest absolute Gasteiger partial charge is 0.468 e. The first-order chi connectivity index (χ1) is 15.5. The van der Waals surface area contributed by atoms with Crippen LogP contribution in [0.2, 0.25) is 0 Å². The molecule has 0 radical (unpaired) electrons. The molecule has 5 rings (SSSR count). The number of anilines is 2. The molecule has 0 aliphatic heterocycles. The van der Waals surface area contributed by atoms with Crippen LogP contribution in [0.5, 0.6) is 0 Å². The van der Waals surface area contributed by atoms with Gasteiger partial charge in [0, 0.05) is 22.5 Å². The molecule has 1 aliphatic rings. The Balaban J connectivity index is 1.59. The third-order valence-electron chi connectivity index (χ3n) is 5.68. The summed E-state index contributed by atoms with van der Waals surface area (Å²) in [5.74, 6) is 0.464. The summed E-state index contributed by atoms with van der Waals surface area (Å²) in [6.07, 6.45) is 2.47. The predicted molar refractivity (Wildman–Crippen MR) is 126 cm³/mol. The summed E-state index contributed by atoms with van der Waals surface area (Å²) in [6, 6.07) is 17.0. The lowest BCUT2D eigenvalue weighted by Gasteiger charge is -2.15. The number of rotatable bonds is 6. The molecule has 32 heavy (non-hydrogen) atoms. The Hall–Kier alpha value is -3.19. The Morgan fingerprint density at radius 2 is 1.88 bits per heavy atom. The quantitative estimate of drug-likeness (QED) is 0.216. The van der Waals surface area contributed by atoms with E-state index < -0.39 is 5.25 Å². The third kappa shape index (κ3) is 4.00. The molecule has 1 heterocycles. The van der Waals surface area contributed by atoms with Crippen LogP contribution in [0, 0.1) is 5.82 Å². The standard InChI is InChI=1S/C25H22FN3O2S/c1-14(24(30)31-2)32-25-28-22-13-16(26)9-10-20(22)23(29-25)27-21-12-11-17(15-7-8-15)18-5-3-4-6-19(18)21/h3-6,9-15H,7-8H2,1-2H3,(H,27,28,29). The Kier molecular flexibility index (Phi) is 5.43. The smallest absolute Gasteiger partial charge is 0.318 e. The van der Waals surface area contributed by atoms with E-state index in [2.05, 4.69) is 45.6 Å². The zero-order chi connectivity index (χ0) is 22.2. The molecular formula is C25H22FN3O2S. The molecule has 1 aromatic heterocycles. The second-order valence-corrected chi connectivity index (χ2v) is 9.25. The van der Waals surface area contributed by atoms with E-state index in [0.29, 0.717) is 27.8 Å².